The van der Waals surface area contributed by atoms with Gasteiger partial charge in [0.05, 0.1) is 0 Å². The summed E-state index contributed by atoms with van der Waals surface area (Å²) in [5.74, 6) is -0.131. The number of urea groups is 1. The standard InChI is InChI=1S/C16H24N4O3/c1-12(21)19-14-6-4-13(5-7-14)8-10-17-16(23)18-11-9-15(22)20(2)3/h4-7H,8-11H2,1-3H3,(H,19,21)(H2,17,18,23). The van der Waals surface area contributed by atoms with Gasteiger partial charge in [0.25, 0.3) is 0 Å². The van der Waals surface area contributed by atoms with Gasteiger partial charge in [0.15, 0.2) is 0 Å². The Morgan fingerprint density at radius 2 is 1.61 bits per heavy atom. The highest BCUT2D eigenvalue weighted by atomic mass is 16.2. The molecule has 3 N–H and O–H groups in total. The van der Waals surface area contributed by atoms with Crippen LogP contribution >= 0.6 is 0 Å². The van der Waals surface area contributed by atoms with E-state index < -0.39 is 0 Å². The first-order chi connectivity index (χ1) is 10.9. The van der Waals surface area contributed by atoms with Crippen LogP contribution in [-0.4, -0.2) is 49.9 Å². The van der Waals surface area contributed by atoms with E-state index in [2.05, 4.69) is 16.0 Å². The molecule has 0 aliphatic heterocycles. The van der Waals surface area contributed by atoms with Crippen LogP contribution in [0.15, 0.2) is 24.3 Å². The summed E-state index contributed by atoms with van der Waals surface area (Å²) in [5, 5.41) is 8.07. The van der Waals surface area contributed by atoms with Gasteiger partial charge in [0.1, 0.15) is 0 Å². The van der Waals surface area contributed by atoms with Crippen molar-refractivity contribution in [3.8, 4) is 0 Å². The van der Waals surface area contributed by atoms with Gasteiger partial charge in [-0.25, -0.2) is 4.79 Å². The van der Waals surface area contributed by atoms with Crippen LogP contribution in [0.5, 0.6) is 0 Å². The number of nitrogens with zero attached hydrogens (tertiary/aromatic N) is 1. The zero-order chi connectivity index (χ0) is 17.2. The number of amides is 4. The SMILES string of the molecule is CC(=O)Nc1ccc(CCNC(=O)NCCC(=O)N(C)C)cc1. The van der Waals surface area contributed by atoms with E-state index in [1.54, 1.807) is 14.1 Å². The molecule has 23 heavy (non-hydrogen) atoms. The number of carbonyl (C=O) groups is 3. The van der Waals surface area contributed by atoms with Crippen LogP contribution in [0.25, 0.3) is 0 Å². The van der Waals surface area contributed by atoms with Gasteiger partial charge < -0.3 is 20.9 Å². The van der Waals surface area contributed by atoms with Crippen molar-refractivity contribution in [1.29, 1.82) is 0 Å². The summed E-state index contributed by atoms with van der Waals surface area (Å²) in [6, 6.07) is 7.17. The van der Waals surface area contributed by atoms with E-state index in [-0.39, 0.29) is 24.3 Å². The lowest BCUT2D eigenvalue weighted by molar-refractivity contribution is -0.128. The Morgan fingerprint density at radius 3 is 2.17 bits per heavy atom. The largest absolute Gasteiger partial charge is 0.349 e. The van der Waals surface area contributed by atoms with E-state index >= 15 is 0 Å². The van der Waals surface area contributed by atoms with Crippen LogP contribution in [0.3, 0.4) is 0 Å². The fourth-order valence-electron chi connectivity index (χ4n) is 1.85. The molecule has 0 heterocycles. The maximum atomic E-state index is 11.6. The zero-order valence-electron chi connectivity index (χ0n) is 13.8. The molecule has 0 unspecified atom stereocenters. The molecule has 0 saturated carbocycles. The average molecular weight is 320 g/mol. The van der Waals surface area contributed by atoms with E-state index in [1.165, 1.54) is 11.8 Å². The van der Waals surface area contributed by atoms with Gasteiger partial charge in [-0.3, -0.25) is 9.59 Å². The summed E-state index contributed by atoms with van der Waals surface area (Å²) in [6.45, 7) is 2.27. The Bertz CT molecular complexity index is 541. The van der Waals surface area contributed by atoms with Gasteiger partial charge in [-0.15, -0.1) is 0 Å². The molecule has 0 aliphatic rings. The predicted octanol–water partition coefficient (Wildman–Crippen LogP) is 0.965. The lowest BCUT2D eigenvalue weighted by Crippen LogP contribution is -2.38. The molecule has 0 atom stereocenters. The van der Waals surface area contributed by atoms with Crippen molar-refractivity contribution in [2.45, 2.75) is 19.8 Å². The Balaban J connectivity index is 2.22. The second kappa shape index (κ2) is 9.45. The lowest BCUT2D eigenvalue weighted by Gasteiger charge is -2.11. The van der Waals surface area contributed by atoms with E-state index in [4.69, 9.17) is 0 Å². The molecule has 1 rings (SSSR count). The molecule has 0 saturated heterocycles. The lowest BCUT2D eigenvalue weighted by atomic mass is 10.1. The summed E-state index contributed by atoms with van der Waals surface area (Å²) in [5.41, 5.74) is 1.81. The highest BCUT2D eigenvalue weighted by Gasteiger charge is 2.05. The average Bonchev–Trinajstić information content (AvgIpc) is 2.48. The topological polar surface area (TPSA) is 90.5 Å². The summed E-state index contributed by atoms with van der Waals surface area (Å²) in [7, 11) is 3.36. The van der Waals surface area contributed by atoms with Crippen molar-refractivity contribution in [2.75, 3.05) is 32.5 Å². The Hall–Kier alpha value is -2.57. The molecule has 0 fully saturated rings. The summed E-state index contributed by atoms with van der Waals surface area (Å²) >= 11 is 0. The fraction of sp³-hybridized carbons (Fsp3) is 0.438. The number of anilines is 1. The minimum absolute atomic E-state index is 0.0236. The molecule has 0 radical (unpaired) electrons. The first-order valence-corrected chi connectivity index (χ1v) is 7.47. The van der Waals surface area contributed by atoms with Gasteiger partial charge in [-0.2, -0.15) is 0 Å². The predicted molar refractivity (Wildman–Crippen MR) is 89.2 cm³/mol. The van der Waals surface area contributed by atoms with E-state index in [0.717, 1.165) is 11.3 Å². The number of rotatable bonds is 7. The molecule has 0 spiro atoms. The van der Waals surface area contributed by atoms with Crippen LogP contribution in [0.4, 0.5) is 10.5 Å². The zero-order valence-corrected chi connectivity index (χ0v) is 13.8. The summed E-state index contributed by atoms with van der Waals surface area (Å²) < 4.78 is 0. The number of nitrogens with one attached hydrogen (secondary N) is 3. The van der Waals surface area contributed by atoms with Crippen LogP contribution in [0.2, 0.25) is 0 Å². The van der Waals surface area contributed by atoms with Gasteiger partial charge in [-0.05, 0) is 24.1 Å². The fourth-order valence-corrected chi connectivity index (χ4v) is 1.85. The molecule has 1 aromatic rings. The monoisotopic (exact) mass is 320 g/mol. The van der Waals surface area contributed by atoms with Crippen molar-refractivity contribution in [3.63, 3.8) is 0 Å². The van der Waals surface area contributed by atoms with Crippen LogP contribution in [0, 0.1) is 0 Å². The summed E-state index contributed by atoms with van der Waals surface area (Å²) in [4.78, 5) is 35.3. The van der Waals surface area contributed by atoms with Crippen molar-refractivity contribution in [3.05, 3.63) is 29.8 Å². The van der Waals surface area contributed by atoms with Crippen molar-refractivity contribution < 1.29 is 14.4 Å². The molecular formula is C16H24N4O3. The van der Waals surface area contributed by atoms with Crippen molar-refractivity contribution in [2.24, 2.45) is 0 Å². The van der Waals surface area contributed by atoms with Crippen LogP contribution in [-0.2, 0) is 16.0 Å². The molecule has 0 aliphatic carbocycles. The number of hydrogen-bond acceptors (Lipinski definition) is 3. The molecule has 4 amide bonds. The minimum Gasteiger partial charge on any atom is -0.349 e. The first-order valence-electron chi connectivity index (χ1n) is 7.47. The van der Waals surface area contributed by atoms with Crippen molar-refractivity contribution >= 4 is 23.5 Å². The van der Waals surface area contributed by atoms with Gasteiger partial charge in [0, 0.05) is 46.2 Å². The Labute approximate surface area is 136 Å². The third-order valence-corrected chi connectivity index (χ3v) is 3.10. The van der Waals surface area contributed by atoms with E-state index in [0.29, 0.717) is 19.5 Å². The normalized spacial score (nSPS) is 9.87. The molecule has 7 nitrogen and oxygen atoms in total. The quantitative estimate of drug-likeness (QED) is 0.699. The molecule has 7 heteroatoms. The molecule has 126 valence electrons. The molecule has 0 aromatic heterocycles. The number of benzene rings is 1. The third kappa shape index (κ3) is 7.85. The van der Waals surface area contributed by atoms with Crippen LogP contribution < -0.4 is 16.0 Å². The first kappa shape index (κ1) is 18.5. The van der Waals surface area contributed by atoms with Gasteiger partial charge in [0.2, 0.25) is 11.8 Å². The molecular weight excluding hydrogens is 296 g/mol. The van der Waals surface area contributed by atoms with Gasteiger partial charge >= 0.3 is 6.03 Å². The maximum Gasteiger partial charge on any atom is 0.314 e. The Kier molecular flexibility index (Phi) is 7.59. The number of hydrogen-bond donors (Lipinski definition) is 3. The van der Waals surface area contributed by atoms with E-state index in [1.807, 2.05) is 24.3 Å². The summed E-state index contributed by atoms with van der Waals surface area (Å²) in [6.07, 6.45) is 0.968. The second-order valence-electron chi connectivity index (χ2n) is 5.35. The van der Waals surface area contributed by atoms with E-state index in [9.17, 15) is 14.4 Å². The second-order valence-corrected chi connectivity index (χ2v) is 5.35. The third-order valence-electron chi connectivity index (χ3n) is 3.10. The smallest absolute Gasteiger partial charge is 0.314 e. The van der Waals surface area contributed by atoms with Gasteiger partial charge in [-0.1, -0.05) is 12.1 Å². The van der Waals surface area contributed by atoms with Crippen LogP contribution in [0.1, 0.15) is 18.9 Å². The number of carbonyl (C=O) groups excluding carboxylic acids is 3. The Morgan fingerprint density at radius 1 is 1.00 bits per heavy atom. The molecule has 0 bridgehead atoms. The minimum atomic E-state index is -0.286. The molecule has 1 aromatic carbocycles. The highest BCUT2D eigenvalue weighted by molar-refractivity contribution is 5.88. The highest BCUT2D eigenvalue weighted by Crippen LogP contribution is 2.09. The van der Waals surface area contributed by atoms with Crippen molar-refractivity contribution in [1.82, 2.24) is 15.5 Å². The maximum absolute atomic E-state index is 11.6.